The first-order valence-corrected chi connectivity index (χ1v) is 30.0. The largest absolute Gasteiger partial charge is 0.449 e. The van der Waals surface area contributed by atoms with E-state index >= 15 is 0 Å². The van der Waals surface area contributed by atoms with Gasteiger partial charge in [-0.25, -0.2) is 19.7 Å². The van der Waals surface area contributed by atoms with Gasteiger partial charge in [-0.15, -0.1) is 0 Å². The van der Waals surface area contributed by atoms with Gasteiger partial charge in [0, 0.05) is 82.1 Å². The summed E-state index contributed by atoms with van der Waals surface area (Å²) in [4.78, 5) is 85.8. The molecule has 92 heavy (non-hydrogen) atoms. The van der Waals surface area contributed by atoms with Crippen LogP contribution in [0.5, 0.6) is 0 Å². The molecule has 0 atom stereocenters. The monoisotopic (exact) mass is 1260 g/mol. The SMILES string of the molecule is C=C1NC(=O)C/C1=C\c1cnn2c(NC3CC3)cc(NC(=O)CC(C)(C)C)nc12.C=C1NC(=O)C/C1=C\c1cnn2c(NC3CC3)cc(NC(=O)OCC(C)C)nc12.C=C1NC(=O)C/C1=C\c1cnn2c(NC3CC3)cc(NC(=O)c3cccc(C(F)(F)F)c3)nc12. The van der Waals surface area contributed by atoms with Crippen molar-refractivity contribution in [2.75, 3.05) is 38.5 Å². The number of carbonyl (C=O) groups is 6. The molecule has 478 valence electrons. The number of allylic oxidation sites excluding steroid dienone is 3. The molecule has 0 radical (unpaired) electrons. The van der Waals surface area contributed by atoms with Crippen LogP contribution >= 0.6 is 0 Å². The summed E-state index contributed by atoms with van der Waals surface area (Å²) >= 11 is 0. The molecule has 6 amide bonds. The summed E-state index contributed by atoms with van der Waals surface area (Å²) in [5.41, 5.74) is 6.48. The molecule has 0 unspecified atom stereocenters. The molecule has 1 aromatic carbocycles. The van der Waals surface area contributed by atoms with E-state index in [1.165, 1.54) is 12.1 Å². The lowest BCUT2D eigenvalue weighted by atomic mass is 9.92. The lowest BCUT2D eigenvalue weighted by Crippen LogP contribution is -2.20. The van der Waals surface area contributed by atoms with E-state index in [4.69, 9.17) is 4.74 Å². The standard InChI is InChI=1S/C23H19F3N6O2.C21H26N6O2.C20H24N6O3/c1-12-14(9-20(33)28-12)7-15-11-27-32-19(29-17-5-6-17)10-18(30-21(15)32)31-22(34)13-3-2-4-16(8-13)23(24,25)26;1-12-13(8-18(28)23-12)7-14-11-22-27-17(24-15-5-6-15)9-16(26-20(14)27)25-19(29)10-21(2,3)4;1-11(2)10-29-20(28)25-16-8-17(23-15-4-5-15)26-19(24-16)14(9-21-26)6-13-7-18(27)22-12(13)3/h2-4,7-8,10-11,17,29H,1,5-6,9H2,(H,28,33)(H,30,31,34);7,9,11,15,24H,1,5-6,8,10H2,2-4H3,(H,23,28)(H,25,26,29);6,8-9,11,15,23H,3-5,7,10H2,1-2H3,(H,22,27)(H,24,25,28)/b14-7+;13-7+;13-6+. The van der Waals surface area contributed by atoms with Crippen LogP contribution in [0, 0.1) is 11.3 Å². The minimum atomic E-state index is -4.56. The highest BCUT2D eigenvalue weighted by Gasteiger charge is 2.32. The fourth-order valence-corrected chi connectivity index (χ4v) is 9.83. The minimum absolute atomic E-state index is 0.0723. The average Bonchev–Trinajstić information content (AvgIpc) is 1.62. The van der Waals surface area contributed by atoms with E-state index in [-0.39, 0.29) is 71.6 Å². The highest BCUT2D eigenvalue weighted by molar-refractivity contribution is 6.04. The number of alkyl halides is 3. The van der Waals surface area contributed by atoms with Gasteiger partial charge in [0.05, 0.1) is 50.0 Å². The van der Waals surface area contributed by atoms with Crippen LogP contribution in [-0.4, -0.2) is 104 Å². The number of hydrogen-bond acceptors (Lipinski definition) is 16. The number of amides is 6. The number of ether oxygens (including phenoxy) is 1. The van der Waals surface area contributed by atoms with Crippen LogP contribution in [0.15, 0.2) is 115 Å². The Morgan fingerprint density at radius 3 is 1.35 bits per heavy atom. The van der Waals surface area contributed by atoms with Crippen LogP contribution in [0.2, 0.25) is 0 Å². The van der Waals surface area contributed by atoms with Gasteiger partial charge in [-0.2, -0.15) is 42.0 Å². The Kier molecular flexibility index (Phi) is 17.6. The average molecular weight is 1260 g/mol. The molecule has 3 saturated heterocycles. The zero-order chi connectivity index (χ0) is 65.3. The van der Waals surface area contributed by atoms with E-state index in [2.05, 4.69) is 97.8 Å². The van der Waals surface area contributed by atoms with E-state index < -0.39 is 23.7 Å². The Hall–Kier alpha value is -10.7. The number of carbonyl (C=O) groups excluding carboxylic acids is 6. The maximum atomic E-state index is 13.0. The molecule has 9 heterocycles. The van der Waals surface area contributed by atoms with Crippen LogP contribution in [0.1, 0.15) is 131 Å². The van der Waals surface area contributed by atoms with Crippen molar-refractivity contribution in [2.45, 2.75) is 123 Å². The summed E-state index contributed by atoms with van der Waals surface area (Å²) in [5.74, 6) is 2.22. The van der Waals surface area contributed by atoms with Crippen molar-refractivity contribution in [3.05, 3.63) is 142 Å². The number of nitrogens with one attached hydrogen (secondary N) is 9. The zero-order valence-electron chi connectivity index (χ0n) is 51.2. The molecule has 28 heteroatoms. The smallest absolute Gasteiger partial charge is 0.416 e. The van der Waals surface area contributed by atoms with Crippen molar-refractivity contribution >= 4 is 106 Å². The number of halogens is 3. The van der Waals surface area contributed by atoms with Crippen molar-refractivity contribution in [1.29, 1.82) is 0 Å². The molecule has 9 N–H and O–H groups in total. The second-order valence-corrected chi connectivity index (χ2v) is 24.9. The normalized spacial score (nSPS) is 17.8. The number of nitrogens with zero attached hydrogens (tertiary/aromatic N) is 9. The van der Waals surface area contributed by atoms with E-state index in [0.717, 1.165) is 84.6 Å². The summed E-state index contributed by atoms with van der Waals surface area (Å²) in [6, 6.07) is 10.4. The molecular weight excluding hydrogens is 1190 g/mol. The number of aromatic nitrogens is 9. The van der Waals surface area contributed by atoms with Gasteiger partial charge < -0.3 is 47.3 Å². The van der Waals surface area contributed by atoms with Gasteiger partial charge >= 0.3 is 12.3 Å². The second kappa shape index (κ2) is 25.7. The van der Waals surface area contributed by atoms with Crippen LogP contribution in [0.3, 0.4) is 0 Å². The predicted octanol–water partition coefficient (Wildman–Crippen LogP) is 10.0. The maximum absolute atomic E-state index is 13.0. The minimum Gasteiger partial charge on any atom is -0.449 e. The summed E-state index contributed by atoms with van der Waals surface area (Å²) in [5, 5.41) is 39.7. The van der Waals surface area contributed by atoms with Gasteiger partial charge in [0.25, 0.3) is 5.91 Å². The van der Waals surface area contributed by atoms with Crippen LogP contribution in [0.4, 0.5) is 52.9 Å². The van der Waals surface area contributed by atoms with Crippen LogP contribution < -0.4 is 47.9 Å². The van der Waals surface area contributed by atoms with E-state index in [0.29, 0.717) is 87.7 Å². The van der Waals surface area contributed by atoms with Gasteiger partial charge in [0.2, 0.25) is 23.6 Å². The van der Waals surface area contributed by atoms with Crippen molar-refractivity contribution in [3.8, 4) is 0 Å². The molecule has 3 aliphatic carbocycles. The third-order valence-electron chi connectivity index (χ3n) is 14.8. The molecule has 3 aliphatic heterocycles. The van der Waals surface area contributed by atoms with Gasteiger partial charge in [-0.05, 0) is 103 Å². The Bertz CT molecular complexity index is 4290. The number of anilines is 6. The van der Waals surface area contributed by atoms with Gasteiger partial charge in [-0.3, -0.25) is 29.3 Å². The Morgan fingerprint density at radius 2 is 1.00 bits per heavy atom. The summed E-state index contributed by atoms with van der Waals surface area (Å²) in [6.45, 7) is 21.9. The van der Waals surface area contributed by atoms with E-state index in [9.17, 15) is 41.9 Å². The first-order chi connectivity index (χ1) is 43.7. The summed E-state index contributed by atoms with van der Waals surface area (Å²) in [7, 11) is 0. The molecule has 25 nitrogen and oxygen atoms in total. The quantitative estimate of drug-likeness (QED) is 0.0434. The Morgan fingerprint density at radius 1 is 0.609 bits per heavy atom. The van der Waals surface area contributed by atoms with Crippen molar-refractivity contribution in [3.63, 3.8) is 0 Å². The molecular formula is C64H69F3N18O7. The first-order valence-electron chi connectivity index (χ1n) is 30.0. The fraction of sp³-hybridized carbons (Fsp3) is 0.344. The fourth-order valence-electron chi connectivity index (χ4n) is 9.83. The van der Waals surface area contributed by atoms with Crippen molar-refractivity contribution < 1.29 is 46.7 Å². The molecule has 6 fully saturated rings. The molecule has 0 spiro atoms. The van der Waals surface area contributed by atoms with Crippen molar-refractivity contribution in [1.82, 2.24) is 59.7 Å². The predicted molar refractivity (Wildman–Crippen MR) is 340 cm³/mol. The summed E-state index contributed by atoms with van der Waals surface area (Å²) in [6.07, 6.45) is 12.8. The number of hydrogen-bond donors (Lipinski definition) is 9. The number of rotatable bonds is 16. The van der Waals surface area contributed by atoms with E-state index in [1.54, 1.807) is 50.3 Å². The number of benzene rings is 1. The van der Waals surface area contributed by atoms with Crippen molar-refractivity contribution in [2.24, 2.45) is 11.3 Å². The topological polar surface area (TPSA) is 310 Å². The molecule has 6 aromatic heterocycles. The molecule has 3 saturated carbocycles. The first kappa shape index (κ1) is 62.9. The number of fused-ring (bicyclic) bond motifs is 3. The highest BCUT2D eigenvalue weighted by atomic mass is 19.4. The molecule has 6 aliphatic rings. The zero-order valence-corrected chi connectivity index (χ0v) is 51.2. The third-order valence-corrected chi connectivity index (χ3v) is 14.8. The molecule has 13 rings (SSSR count). The lowest BCUT2D eigenvalue weighted by Gasteiger charge is -2.17. The van der Waals surface area contributed by atoms with Gasteiger partial charge in [0.1, 0.15) is 34.9 Å². The van der Waals surface area contributed by atoms with Crippen LogP contribution in [0.25, 0.3) is 35.2 Å². The third kappa shape index (κ3) is 15.8. The highest BCUT2D eigenvalue weighted by Crippen LogP contribution is 2.34. The van der Waals surface area contributed by atoms with Crippen LogP contribution in [-0.2, 0) is 30.1 Å². The van der Waals surface area contributed by atoms with Gasteiger partial charge in [0.15, 0.2) is 16.9 Å². The molecule has 0 bridgehead atoms. The van der Waals surface area contributed by atoms with E-state index in [1.807, 2.05) is 52.8 Å². The molecule has 7 aromatic rings. The Labute approximate surface area is 525 Å². The lowest BCUT2D eigenvalue weighted by molar-refractivity contribution is -0.137. The Balaban J connectivity index is 0.000000142. The van der Waals surface area contributed by atoms with Gasteiger partial charge in [-0.1, -0.05) is 60.4 Å². The second-order valence-electron chi connectivity index (χ2n) is 24.9. The summed E-state index contributed by atoms with van der Waals surface area (Å²) < 4.78 is 49.3. The maximum Gasteiger partial charge on any atom is 0.416 e.